The molecule has 3 aromatic carbocycles. The predicted octanol–water partition coefficient (Wildman–Crippen LogP) is 6.38. The summed E-state index contributed by atoms with van der Waals surface area (Å²) in [7, 11) is 3.32. The van der Waals surface area contributed by atoms with E-state index >= 15 is 0 Å². The minimum absolute atomic E-state index is 0.220. The van der Waals surface area contributed by atoms with E-state index < -0.39 is 0 Å². The average molecular weight is 431 g/mol. The van der Waals surface area contributed by atoms with Gasteiger partial charge in [0.25, 0.3) is 0 Å². The van der Waals surface area contributed by atoms with E-state index in [9.17, 15) is 4.39 Å². The zero-order valence-corrected chi connectivity index (χ0v) is 19.0. The Kier molecular flexibility index (Phi) is 4.66. The van der Waals surface area contributed by atoms with Gasteiger partial charge < -0.3 is 19.7 Å². The molecule has 0 atom stereocenters. The van der Waals surface area contributed by atoms with E-state index in [1.807, 2.05) is 31.2 Å². The van der Waals surface area contributed by atoms with Gasteiger partial charge in [-0.2, -0.15) is 0 Å². The number of rotatable bonds is 4. The van der Waals surface area contributed by atoms with Crippen molar-refractivity contribution in [1.82, 2.24) is 0 Å². The summed E-state index contributed by atoms with van der Waals surface area (Å²) in [5.74, 6) is 1.28. The van der Waals surface area contributed by atoms with Crippen molar-refractivity contribution in [3.63, 3.8) is 0 Å². The highest BCUT2D eigenvalue weighted by molar-refractivity contribution is 5.97. The summed E-state index contributed by atoms with van der Waals surface area (Å²) in [5, 5.41) is 3.64. The van der Waals surface area contributed by atoms with Gasteiger partial charge in [0.15, 0.2) is 0 Å². The molecule has 5 rings (SSSR count). The number of halogens is 1. The fraction of sp³-hybridized carbons (Fsp3) is 0.259. The van der Waals surface area contributed by atoms with Crippen LogP contribution in [0.1, 0.15) is 30.5 Å². The van der Waals surface area contributed by atoms with E-state index in [2.05, 4.69) is 42.3 Å². The molecule has 0 unspecified atom stereocenters. The maximum atomic E-state index is 14.2. The SMILES string of the molecule is COc1ccc(-c2ccc3c4c2CN(c2cc(F)ccc2C)C4=CC(C)(C)N3)c(OC)c1. The Balaban J connectivity index is 1.73. The first-order chi connectivity index (χ1) is 15.3. The first-order valence-electron chi connectivity index (χ1n) is 10.7. The molecule has 0 bridgehead atoms. The van der Waals surface area contributed by atoms with Crippen molar-refractivity contribution in [1.29, 1.82) is 0 Å². The van der Waals surface area contributed by atoms with Crippen LogP contribution < -0.4 is 19.7 Å². The lowest BCUT2D eigenvalue weighted by molar-refractivity contribution is 0.395. The molecule has 0 saturated carbocycles. The number of nitrogens with zero attached hydrogens (tertiary/aromatic N) is 1. The fourth-order valence-corrected chi connectivity index (χ4v) is 4.82. The standard InChI is InChI=1S/C27H27FN2O2/c1-16-6-7-17(28)12-23(16)30-15-21-19(20-9-8-18(31-4)13-25(20)32-5)10-11-22-26(21)24(30)14-27(2,3)29-22/h6-14,29H,15H2,1-5H3. The van der Waals surface area contributed by atoms with Crippen LogP contribution >= 0.6 is 0 Å². The van der Waals surface area contributed by atoms with Crippen LogP contribution in [0.2, 0.25) is 0 Å². The summed E-state index contributed by atoms with van der Waals surface area (Å²) in [6.07, 6.45) is 2.24. The maximum absolute atomic E-state index is 14.2. The third-order valence-electron chi connectivity index (χ3n) is 6.29. The second-order valence-corrected chi connectivity index (χ2v) is 8.97. The molecule has 5 heteroatoms. The molecule has 2 aliphatic heterocycles. The van der Waals surface area contributed by atoms with Gasteiger partial charge >= 0.3 is 0 Å². The van der Waals surface area contributed by atoms with Gasteiger partial charge in [-0.1, -0.05) is 12.1 Å². The Bertz CT molecular complexity index is 1260. The number of nitrogens with one attached hydrogen (secondary N) is 1. The van der Waals surface area contributed by atoms with Gasteiger partial charge in [-0.05, 0) is 73.9 Å². The number of ether oxygens (including phenoxy) is 2. The van der Waals surface area contributed by atoms with Gasteiger partial charge in [0.2, 0.25) is 0 Å². The molecule has 2 heterocycles. The highest BCUT2D eigenvalue weighted by Gasteiger charge is 2.36. The first-order valence-corrected chi connectivity index (χ1v) is 10.7. The second kappa shape index (κ2) is 7.30. The molecule has 0 aromatic heterocycles. The Morgan fingerprint density at radius 2 is 1.75 bits per heavy atom. The molecule has 0 amide bonds. The molecule has 1 N–H and O–H groups in total. The fourth-order valence-electron chi connectivity index (χ4n) is 4.82. The van der Waals surface area contributed by atoms with E-state index in [1.54, 1.807) is 20.3 Å². The minimum Gasteiger partial charge on any atom is -0.497 e. The van der Waals surface area contributed by atoms with Crippen molar-refractivity contribution < 1.29 is 13.9 Å². The summed E-state index contributed by atoms with van der Waals surface area (Å²) < 4.78 is 25.3. The lowest BCUT2D eigenvalue weighted by Crippen LogP contribution is -2.33. The Morgan fingerprint density at radius 3 is 2.50 bits per heavy atom. The third kappa shape index (κ3) is 3.20. The molecule has 0 fully saturated rings. The molecular formula is C27H27FN2O2. The van der Waals surface area contributed by atoms with Crippen LogP contribution in [0.15, 0.2) is 54.6 Å². The number of hydrogen-bond acceptors (Lipinski definition) is 4. The normalized spacial score (nSPS) is 15.7. The van der Waals surface area contributed by atoms with Crippen LogP contribution in [-0.2, 0) is 6.54 Å². The maximum Gasteiger partial charge on any atom is 0.130 e. The average Bonchev–Trinajstić information content (AvgIpc) is 3.14. The van der Waals surface area contributed by atoms with E-state index in [0.717, 1.165) is 45.3 Å². The van der Waals surface area contributed by atoms with Crippen molar-refractivity contribution in [2.75, 3.05) is 24.4 Å². The molecule has 3 aromatic rings. The monoisotopic (exact) mass is 430 g/mol. The quantitative estimate of drug-likeness (QED) is 0.520. The van der Waals surface area contributed by atoms with Gasteiger partial charge in [-0.25, -0.2) is 4.39 Å². The van der Waals surface area contributed by atoms with Gasteiger partial charge in [0.1, 0.15) is 17.3 Å². The number of hydrogen-bond donors (Lipinski definition) is 1. The number of anilines is 2. The second-order valence-electron chi connectivity index (χ2n) is 8.97. The molecular weight excluding hydrogens is 403 g/mol. The molecule has 0 radical (unpaired) electrons. The molecule has 4 nitrogen and oxygen atoms in total. The summed E-state index contributed by atoms with van der Waals surface area (Å²) in [6, 6.07) is 15.2. The van der Waals surface area contributed by atoms with Crippen molar-refractivity contribution in [3.8, 4) is 22.6 Å². The number of benzene rings is 3. The molecule has 2 aliphatic rings. The Labute approximate surface area is 188 Å². The lowest BCUT2D eigenvalue weighted by atomic mass is 9.89. The number of methoxy groups -OCH3 is 2. The lowest BCUT2D eigenvalue weighted by Gasteiger charge is -2.33. The predicted molar refractivity (Wildman–Crippen MR) is 128 cm³/mol. The topological polar surface area (TPSA) is 33.7 Å². The van der Waals surface area contributed by atoms with Crippen LogP contribution in [0.4, 0.5) is 15.8 Å². The highest BCUT2D eigenvalue weighted by atomic mass is 19.1. The molecule has 0 spiro atoms. The number of aryl methyl sites for hydroxylation is 1. The van der Waals surface area contributed by atoms with Crippen LogP contribution in [0.5, 0.6) is 11.5 Å². The largest absolute Gasteiger partial charge is 0.497 e. The van der Waals surface area contributed by atoms with Crippen LogP contribution in [0.25, 0.3) is 16.8 Å². The molecule has 0 aliphatic carbocycles. The zero-order valence-electron chi connectivity index (χ0n) is 19.0. The van der Waals surface area contributed by atoms with Gasteiger partial charge in [0, 0.05) is 40.8 Å². The van der Waals surface area contributed by atoms with Crippen molar-refractivity contribution >= 4 is 17.1 Å². The van der Waals surface area contributed by atoms with E-state index in [0.29, 0.717) is 6.54 Å². The van der Waals surface area contributed by atoms with Crippen molar-refractivity contribution in [2.24, 2.45) is 0 Å². The molecule has 32 heavy (non-hydrogen) atoms. The van der Waals surface area contributed by atoms with E-state index in [4.69, 9.17) is 9.47 Å². The van der Waals surface area contributed by atoms with Gasteiger partial charge in [-0.15, -0.1) is 0 Å². The van der Waals surface area contributed by atoms with Gasteiger partial charge in [0.05, 0.1) is 19.8 Å². The minimum atomic E-state index is -0.229. The Morgan fingerprint density at radius 1 is 0.969 bits per heavy atom. The summed E-state index contributed by atoms with van der Waals surface area (Å²) in [4.78, 5) is 2.23. The third-order valence-corrected chi connectivity index (χ3v) is 6.29. The first kappa shape index (κ1) is 20.4. The molecule has 164 valence electrons. The van der Waals surface area contributed by atoms with Crippen molar-refractivity contribution in [2.45, 2.75) is 32.9 Å². The summed E-state index contributed by atoms with van der Waals surface area (Å²) in [5.41, 5.74) is 8.40. The van der Waals surface area contributed by atoms with Gasteiger partial charge in [-0.3, -0.25) is 0 Å². The smallest absolute Gasteiger partial charge is 0.130 e. The summed E-state index contributed by atoms with van der Waals surface area (Å²) >= 11 is 0. The van der Waals surface area contributed by atoms with E-state index in [1.165, 1.54) is 17.2 Å². The Hall–Kier alpha value is -3.47. The van der Waals surface area contributed by atoms with Crippen LogP contribution in [-0.4, -0.2) is 19.8 Å². The zero-order chi connectivity index (χ0) is 22.6. The van der Waals surface area contributed by atoms with E-state index in [-0.39, 0.29) is 11.4 Å². The summed E-state index contributed by atoms with van der Waals surface area (Å²) in [6.45, 7) is 6.98. The van der Waals surface area contributed by atoms with Crippen LogP contribution in [0.3, 0.4) is 0 Å². The molecule has 0 saturated heterocycles. The van der Waals surface area contributed by atoms with Crippen molar-refractivity contribution in [3.05, 3.63) is 77.1 Å². The van der Waals surface area contributed by atoms with Crippen LogP contribution in [0, 0.1) is 12.7 Å². The highest BCUT2D eigenvalue weighted by Crippen LogP contribution is 2.50.